The molecule has 0 fully saturated rings. The van der Waals surface area contributed by atoms with E-state index in [1.165, 1.54) is 16.0 Å². The first-order valence-corrected chi connectivity index (χ1v) is 7.80. The zero-order valence-corrected chi connectivity index (χ0v) is 13.2. The van der Waals surface area contributed by atoms with E-state index in [1.807, 2.05) is 6.92 Å². The van der Waals surface area contributed by atoms with E-state index < -0.39 is 0 Å². The lowest BCUT2D eigenvalue weighted by Crippen LogP contribution is -2.14. The molecule has 0 aliphatic carbocycles. The topological polar surface area (TPSA) is 34.1 Å². The second kappa shape index (κ2) is 7.53. The molecule has 0 saturated carbocycles. The van der Waals surface area contributed by atoms with Gasteiger partial charge in [0.15, 0.2) is 0 Å². The van der Waals surface area contributed by atoms with Gasteiger partial charge in [0, 0.05) is 24.6 Å². The quantitative estimate of drug-likeness (QED) is 0.846. The Balaban J connectivity index is 1.90. The second-order valence-electron chi connectivity index (χ2n) is 4.76. The monoisotopic (exact) mass is 290 g/mol. The van der Waals surface area contributed by atoms with E-state index in [-0.39, 0.29) is 0 Å². The molecule has 0 amide bonds. The van der Waals surface area contributed by atoms with E-state index in [0.29, 0.717) is 6.61 Å². The second-order valence-corrected chi connectivity index (χ2v) is 6.05. The van der Waals surface area contributed by atoms with Gasteiger partial charge in [0.25, 0.3) is 0 Å². The number of aromatic nitrogens is 1. The third kappa shape index (κ3) is 4.13. The summed E-state index contributed by atoms with van der Waals surface area (Å²) >= 11 is 1.77. The molecule has 1 aromatic carbocycles. The van der Waals surface area contributed by atoms with E-state index in [4.69, 9.17) is 4.74 Å². The van der Waals surface area contributed by atoms with Crippen LogP contribution in [0.4, 0.5) is 0 Å². The largest absolute Gasteiger partial charge is 0.377 e. The molecule has 20 heavy (non-hydrogen) atoms. The van der Waals surface area contributed by atoms with Gasteiger partial charge in [0.1, 0.15) is 5.01 Å². The Morgan fingerprint density at radius 3 is 2.55 bits per heavy atom. The number of rotatable bonds is 7. The first-order chi connectivity index (χ1) is 9.70. The van der Waals surface area contributed by atoms with E-state index in [1.54, 1.807) is 11.3 Å². The number of thiazole rings is 1. The Hall–Kier alpha value is -1.23. The molecule has 0 radical (unpaired) electrons. The van der Waals surface area contributed by atoms with Gasteiger partial charge in [-0.05, 0) is 31.9 Å². The third-order valence-corrected chi connectivity index (χ3v) is 4.32. The average Bonchev–Trinajstić information content (AvgIpc) is 2.76. The van der Waals surface area contributed by atoms with Gasteiger partial charge >= 0.3 is 0 Å². The van der Waals surface area contributed by atoms with Crippen molar-refractivity contribution in [3.8, 4) is 0 Å². The Labute approximate surface area is 125 Å². The van der Waals surface area contributed by atoms with Crippen LogP contribution in [-0.4, -0.2) is 11.6 Å². The molecule has 108 valence electrons. The standard InChI is InChI=1S/C16H22N2OS/c1-4-19-11-15-8-6-5-7-14(15)9-17-10-16-18-12(2)13(3)20-16/h5-8,17H,4,9-11H2,1-3H3. The Morgan fingerprint density at radius 1 is 1.15 bits per heavy atom. The molecule has 2 rings (SSSR count). The summed E-state index contributed by atoms with van der Waals surface area (Å²) in [6, 6.07) is 8.42. The fourth-order valence-corrected chi connectivity index (χ4v) is 2.91. The number of hydrogen-bond acceptors (Lipinski definition) is 4. The van der Waals surface area contributed by atoms with Crippen molar-refractivity contribution in [1.82, 2.24) is 10.3 Å². The minimum Gasteiger partial charge on any atom is -0.377 e. The van der Waals surface area contributed by atoms with E-state index in [2.05, 4.69) is 48.4 Å². The molecule has 1 heterocycles. The zero-order chi connectivity index (χ0) is 14.4. The van der Waals surface area contributed by atoms with Crippen molar-refractivity contribution in [1.29, 1.82) is 0 Å². The minimum atomic E-state index is 0.684. The third-order valence-electron chi connectivity index (χ3n) is 3.24. The van der Waals surface area contributed by atoms with Gasteiger partial charge in [-0.2, -0.15) is 0 Å². The van der Waals surface area contributed by atoms with Crippen molar-refractivity contribution in [2.45, 2.75) is 40.5 Å². The summed E-state index contributed by atoms with van der Waals surface area (Å²) < 4.78 is 5.51. The highest BCUT2D eigenvalue weighted by atomic mass is 32.1. The molecule has 4 heteroatoms. The summed E-state index contributed by atoms with van der Waals surface area (Å²) in [5.41, 5.74) is 3.70. The lowest BCUT2D eigenvalue weighted by Gasteiger charge is -2.10. The highest BCUT2D eigenvalue weighted by Gasteiger charge is 2.05. The number of aryl methyl sites for hydroxylation is 2. The summed E-state index contributed by atoms with van der Waals surface area (Å²) in [6.45, 7) is 9.31. The van der Waals surface area contributed by atoms with E-state index in [0.717, 1.165) is 30.4 Å². The number of nitrogens with one attached hydrogen (secondary N) is 1. The molecule has 1 aromatic heterocycles. The lowest BCUT2D eigenvalue weighted by molar-refractivity contribution is 0.133. The van der Waals surface area contributed by atoms with Crippen molar-refractivity contribution in [2.75, 3.05) is 6.61 Å². The van der Waals surface area contributed by atoms with E-state index in [9.17, 15) is 0 Å². The molecular formula is C16H22N2OS. The van der Waals surface area contributed by atoms with Crippen LogP contribution in [0.25, 0.3) is 0 Å². The number of ether oxygens (including phenoxy) is 1. The zero-order valence-electron chi connectivity index (χ0n) is 12.4. The molecule has 0 saturated heterocycles. The van der Waals surface area contributed by atoms with Crippen molar-refractivity contribution in [2.24, 2.45) is 0 Å². The Bertz CT molecular complexity index is 532. The number of hydrogen-bond donors (Lipinski definition) is 1. The maximum absolute atomic E-state index is 5.51. The van der Waals surface area contributed by atoms with Crippen LogP contribution in [0.15, 0.2) is 24.3 Å². The predicted molar refractivity (Wildman–Crippen MR) is 83.9 cm³/mol. The van der Waals surface area contributed by atoms with E-state index >= 15 is 0 Å². The molecule has 0 aliphatic rings. The number of nitrogens with zero attached hydrogens (tertiary/aromatic N) is 1. The van der Waals surface area contributed by atoms with Gasteiger partial charge < -0.3 is 10.1 Å². The smallest absolute Gasteiger partial charge is 0.107 e. The molecule has 1 N–H and O–H groups in total. The summed E-state index contributed by atoms with van der Waals surface area (Å²) in [4.78, 5) is 5.85. The minimum absolute atomic E-state index is 0.684. The number of benzene rings is 1. The molecule has 3 nitrogen and oxygen atoms in total. The molecule has 0 spiro atoms. The lowest BCUT2D eigenvalue weighted by atomic mass is 10.1. The van der Waals surface area contributed by atoms with Crippen LogP contribution in [0.3, 0.4) is 0 Å². The van der Waals surface area contributed by atoms with Gasteiger partial charge in [-0.3, -0.25) is 0 Å². The summed E-state index contributed by atoms with van der Waals surface area (Å²) in [5, 5.41) is 4.62. The fourth-order valence-electron chi connectivity index (χ4n) is 2.00. The van der Waals surface area contributed by atoms with Crippen LogP contribution in [0.2, 0.25) is 0 Å². The van der Waals surface area contributed by atoms with Gasteiger partial charge in [-0.1, -0.05) is 24.3 Å². The fraction of sp³-hybridized carbons (Fsp3) is 0.438. The van der Waals surface area contributed by atoms with Gasteiger partial charge in [0.2, 0.25) is 0 Å². The molecular weight excluding hydrogens is 268 g/mol. The van der Waals surface area contributed by atoms with Crippen LogP contribution in [0.5, 0.6) is 0 Å². The van der Waals surface area contributed by atoms with Gasteiger partial charge in [-0.25, -0.2) is 4.98 Å². The van der Waals surface area contributed by atoms with Crippen molar-refractivity contribution in [3.05, 3.63) is 51.0 Å². The molecule has 0 aliphatic heterocycles. The average molecular weight is 290 g/mol. The van der Waals surface area contributed by atoms with Gasteiger partial charge in [-0.15, -0.1) is 11.3 Å². The first-order valence-electron chi connectivity index (χ1n) is 6.99. The normalized spacial score (nSPS) is 10.9. The highest BCUT2D eigenvalue weighted by Crippen LogP contribution is 2.16. The SMILES string of the molecule is CCOCc1ccccc1CNCc1nc(C)c(C)s1. The summed E-state index contributed by atoms with van der Waals surface area (Å²) in [6.07, 6.45) is 0. The van der Waals surface area contributed by atoms with Crippen molar-refractivity contribution < 1.29 is 4.74 Å². The Morgan fingerprint density at radius 2 is 1.90 bits per heavy atom. The van der Waals surface area contributed by atoms with Gasteiger partial charge in [0.05, 0.1) is 12.3 Å². The molecule has 2 aromatic rings. The first kappa shape index (κ1) is 15.2. The Kier molecular flexibility index (Phi) is 5.71. The van der Waals surface area contributed by atoms with Crippen LogP contribution >= 0.6 is 11.3 Å². The summed E-state index contributed by atoms with van der Waals surface area (Å²) in [7, 11) is 0. The van der Waals surface area contributed by atoms with Crippen LogP contribution in [0, 0.1) is 13.8 Å². The molecule has 0 unspecified atom stereocenters. The van der Waals surface area contributed by atoms with Crippen molar-refractivity contribution in [3.63, 3.8) is 0 Å². The van der Waals surface area contributed by atoms with Crippen molar-refractivity contribution >= 4 is 11.3 Å². The van der Waals surface area contributed by atoms with Crippen LogP contribution in [-0.2, 0) is 24.4 Å². The van der Waals surface area contributed by atoms with Crippen LogP contribution < -0.4 is 5.32 Å². The predicted octanol–water partition coefficient (Wildman–Crippen LogP) is 3.59. The maximum Gasteiger partial charge on any atom is 0.107 e. The molecule has 0 bridgehead atoms. The summed E-state index contributed by atoms with van der Waals surface area (Å²) in [5.74, 6) is 0. The highest BCUT2D eigenvalue weighted by molar-refractivity contribution is 7.11. The maximum atomic E-state index is 5.51. The van der Waals surface area contributed by atoms with Crippen LogP contribution in [0.1, 0.15) is 33.6 Å². The molecule has 0 atom stereocenters.